The highest BCUT2D eigenvalue weighted by atomic mass is 35.5. The molecule has 254 valence electrons. The van der Waals surface area contributed by atoms with E-state index in [1.165, 1.54) is 11.1 Å². The fourth-order valence-electron chi connectivity index (χ4n) is 6.14. The van der Waals surface area contributed by atoms with E-state index in [1.54, 1.807) is 20.3 Å². The molecule has 0 radical (unpaired) electrons. The van der Waals surface area contributed by atoms with Crippen molar-refractivity contribution in [3.63, 3.8) is 0 Å². The molecule has 0 saturated heterocycles. The van der Waals surface area contributed by atoms with Crippen LogP contribution in [0.1, 0.15) is 80.4 Å². The van der Waals surface area contributed by atoms with Crippen molar-refractivity contribution in [1.29, 1.82) is 0 Å². The first-order chi connectivity index (χ1) is 22.3. The van der Waals surface area contributed by atoms with E-state index in [0.717, 1.165) is 43.7 Å². The number of nitrogens with zero attached hydrogens (tertiary/aromatic N) is 2. The van der Waals surface area contributed by atoms with E-state index in [2.05, 4.69) is 47.8 Å². The Hall–Kier alpha value is -2.79. The van der Waals surface area contributed by atoms with Crippen molar-refractivity contribution in [2.75, 3.05) is 45.4 Å². The lowest BCUT2D eigenvalue weighted by Crippen LogP contribution is -2.44. The molecule has 11 heteroatoms. The van der Waals surface area contributed by atoms with Crippen LogP contribution in [-0.4, -0.2) is 73.8 Å². The molecule has 6 unspecified atom stereocenters. The van der Waals surface area contributed by atoms with Crippen LogP contribution in [0.2, 0.25) is 5.02 Å². The number of carbonyl (C=O) groups is 2. The van der Waals surface area contributed by atoms with Gasteiger partial charge in [0.15, 0.2) is 11.6 Å². The molecule has 1 aliphatic heterocycles. The summed E-state index contributed by atoms with van der Waals surface area (Å²) in [6.07, 6.45) is 10.2. The minimum Gasteiger partial charge on any atom is -0.489 e. The van der Waals surface area contributed by atoms with Crippen LogP contribution >= 0.6 is 11.6 Å². The quantitative estimate of drug-likeness (QED) is 0.219. The zero-order valence-corrected chi connectivity index (χ0v) is 29.4. The minimum absolute atomic E-state index is 0.0692. The zero-order chi connectivity index (χ0) is 33.6. The van der Waals surface area contributed by atoms with Crippen molar-refractivity contribution in [3.05, 3.63) is 64.3 Å². The van der Waals surface area contributed by atoms with Gasteiger partial charge in [-0.05, 0) is 86.3 Å². The highest BCUT2D eigenvalue weighted by molar-refractivity contribution is 7.84. The van der Waals surface area contributed by atoms with Gasteiger partial charge in [-0.1, -0.05) is 50.1 Å². The van der Waals surface area contributed by atoms with Crippen LogP contribution in [-0.2, 0) is 31.7 Å². The lowest BCUT2D eigenvalue weighted by molar-refractivity contribution is -0.0980. The van der Waals surface area contributed by atoms with Gasteiger partial charge in [0.25, 0.3) is 5.91 Å². The maximum absolute atomic E-state index is 13.2. The summed E-state index contributed by atoms with van der Waals surface area (Å²) in [4.78, 5) is 28.4. The van der Waals surface area contributed by atoms with Crippen LogP contribution in [0.4, 0.5) is 5.82 Å². The number of methoxy groups -OCH3 is 2. The van der Waals surface area contributed by atoms with Crippen LogP contribution in [0.15, 0.2) is 42.5 Å². The molecule has 46 heavy (non-hydrogen) atoms. The van der Waals surface area contributed by atoms with Crippen molar-refractivity contribution in [2.45, 2.75) is 76.6 Å². The standard InChI is InChI=1S/C34H48ClN3O5S.CH2O/c1-6-8-10-31(42-5)29-13-11-25(29)20-38-21-26(28-14-12-27(35)19-24(28)9-7-2)22-43-32-16-15-30(36-33(32)38)34(39)37-44(40)23(3)17-18-41-4;1-2/h8,10,12,14-16,19,23,25-26,29,31H,6-7,9,11,13,17-18,20-22H2,1-5H3,(H,37,39);1H2/b10-8+;. The number of aromatic nitrogens is 1. The lowest BCUT2D eigenvalue weighted by atomic mass is 9.70. The molecule has 6 atom stereocenters. The third kappa shape index (κ3) is 9.86. The van der Waals surface area contributed by atoms with E-state index in [-0.39, 0.29) is 23.0 Å². The number of carbonyl (C=O) groups excluding carboxylic acids is 2. The highest BCUT2D eigenvalue weighted by Crippen LogP contribution is 2.42. The second-order valence-corrected chi connectivity index (χ2v) is 13.9. The number of benzene rings is 1. The predicted molar refractivity (Wildman–Crippen MR) is 185 cm³/mol. The Bertz CT molecular complexity index is 1330. The number of fused-ring (bicyclic) bond motifs is 1. The first-order valence-corrected chi connectivity index (χ1v) is 17.7. The molecule has 0 bridgehead atoms. The molecular weight excluding hydrogens is 626 g/mol. The molecule has 1 aliphatic carbocycles. The molecule has 0 spiro atoms. The number of hydrogen-bond donors (Lipinski definition) is 1. The van der Waals surface area contributed by atoms with Gasteiger partial charge in [-0.25, -0.2) is 9.19 Å². The number of pyridine rings is 1. The van der Waals surface area contributed by atoms with Crippen LogP contribution in [0.25, 0.3) is 0 Å². The van der Waals surface area contributed by atoms with Gasteiger partial charge in [0.2, 0.25) is 0 Å². The number of hydrogen-bond acceptors (Lipinski definition) is 8. The average molecular weight is 676 g/mol. The molecule has 4 rings (SSSR count). The summed E-state index contributed by atoms with van der Waals surface area (Å²) in [5, 5.41) is 0.490. The topological polar surface area (TPSA) is 107 Å². The summed E-state index contributed by atoms with van der Waals surface area (Å²) in [5.41, 5.74) is 2.69. The Labute approximate surface area is 282 Å². The number of rotatable bonds is 15. The average Bonchev–Trinajstić information content (AvgIpc) is 3.23. The molecule has 1 aromatic carbocycles. The van der Waals surface area contributed by atoms with E-state index < -0.39 is 16.9 Å². The number of aryl methyl sites for hydroxylation is 1. The third-order valence-electron chi connectivity index (χ3n) is 8.79. The van der Waals surface area contributed by atoms with Crippen molar-refractivity contribution < 1.29 is 28.0 Å². The van der Waals surface area contributed by atoms with Crippen molar-refractivity contribution >= 4 is 41.1 Å². The maximum atomic E-state index is 13.2. The Balaban J connectivity index is 0.00000282. The predicted octanol–water partition coefficient (Wildman–Crippen LogP) is 6.31. The highest BCUT2D eigenvalue weighted by Gasteiger charge is 2.39. The van der Waals surface area contributed by atoms with E-state index >= 15 is 0 Å². The lowest BCUT2D eigenvalue weighted by Gasteiger charge is -2.43. The van der Waals surface area contributed by atoms with Gasteiger partial charge < -0.3 is 23.9 Å². The minimum atomic E-state index is -1.56. The summed E-state index contributed by atoms with van der Waals surface area (Å²) < 4.78 is 32.8. The summed E-state index contributed by atoms with van der Waals surface area (Å²) >= 11 is 6.41. The molecule has 1 saturated carbocycles. The summed E-state index contributed by atoms with van der Waals surface area (Å²) in [7, 11) is 1.83. The number of amides is 1. The second kappa shape index (κ2) is 19.1. The number of anilines is 1. The van der Waals surface area contributed by atoms with Gasteiger partial charge in [0.1, 0.15) is 23.5 Å². The molecule has 1 aromatic heterocycles. The molecule has 1 fully saturated rings. The van der Waals surface area contributed by atoms with Gasteiger partial charge in [0, 0.05) is 44.9 Å². The van der Waals surface area contributed by atoms with E-state index in [4.69, 9.17) is 35.6 Å². The summed E-state index contributed by atoms with van der Waals surface area (Å²) in [6.45, 7) is 10.6. The van der Waals surface area contributed by atoms with Crippen LogP contribution < -0.4 is 14.4 Å². The second-order valence-electron chi connectivity index (χ2n) is 11.9. The molecule has 9 nitrogen and oxygen atoms in total. The van der Waals surface area contributed by atoms with E-state index in [1.807, 2.05) is 25.8 Å². The summed E-state index contributed by atoms with van der Waals surface area (Å²) in [5.74, 6) is 1.73. The molecule has 2 heterocycles. The van der Waals surface area contributed by atoms with Crippen LogP contribution in [0, 0.1) is 11.8 Å². The zero-order valence-electron chi connectivity index (χ0n) is 27.8. The Morgan fingerprint density at radius 3 is 2.67 bits per heavy atom. The van der Waals surface area contributed by atoms with Crippen LogP contribution in [0.3, 0.4) is 0 Å². The Kier molecular flexibility index (Phi) is 15.7. The number of allylic oxidation sites excluding steroid dienone is 1. The first kappa shape index (κ1) is 37.7. The SMILES string of the molecule is C=O.CC/C=C/C(OC)C1CCC1CN1CC(c2ccc(Cl)cc2CCC)COc2ccc(C(=O)NS(=O)C(C)CCOC)nc21. The maximum Gasteiger partial charge on any atom is 0.281 e. The van der Waals surface area contributed by atoms with Gasteiger partial charge >= 0.3 is 0 Å². The number of nitrogens with one attached hydrogen (secondary N) is 1. The molecule has 2 aliphatic rings. The molecular formula is C35H50ClN3O6S. The van der Waals surface area contributed by atoms with Crippen molar-refractivity contribution in [3.8, 4) is 5.75 Å². The van der Waals surface area contributed by atoms with Gasteiger partial charge in [-0.2, -0.15) is 0 Å². The Morgan fingerprint density at radius 2 is 2.02 bits per heavy atom. The summed E-state index contributed by atoms with van der Waals surface area (Å²) in [6, 6.07) is 9.63. The molecule has 2 aromatic rings. The van der Waals surface area contributed by atoms with Gasteiger partial charge in [-0.3, -0.25) is 9.52 Å². The monoisotopic (exact) mass is 675 g/mol. The number of halogens is 1. The fraction of sp³-hybridized carbons (Fsp3) is 0.571. The largest absolute Gasteiger partial charge is 0.489 e. The fourth-order valence-corrected chi connectivity index (χ4v) is 7.14. The van der Waals surface area contributed by atoms with Crippen molar-refractivity contribution in [2.24, 2.45) is 11.8 Å². The first-order valence-electron chi connectivity index (χ1n) is 16.1. The smallest absolute Gasteiger partial charge is 0.281 e. The van der Waals surface area contributed by atoms with E-state index in [9.17, 15) is 9.00 Å². The van der Waals surface area contributed by atoms with E-state index in [0.29, 0.717) is 49.6 Å². The Morgan fingerprint density at radius 1 is 1.24 bits per heavy atom. The van der Waals surface area contributed by atoms with Crippen molar-refractivity contribution in [1.82, 2.24) is 9.71 Å². The molecule has 1 N–H and O–H groups in total. The number of ether oxygens (including phenoxy) is 3. The van der Waals surface area contributed by atoms with Gasteiger partial charge in [0.05, 0.1) is 18.0 Å². The van der Waals surface area contributed by atoms with Gasteiger partial charge in [-0.15, -0.1) is 0 Å². The van der Waals surface area contributed by atoms with Crippen LogP contribution in [0.5, 0.6) is 5.75 Å². The normalized spacial score (nSPS) is 21.1. The third-order valence-corrected chi connectivity index (χ3v) is 10.4. The molecule has 1 amide bonds.